The summed E-state index contributed by atoms with van der Waals surface area (Å²) in [4.78, 5) is 12.3. The van der Waals surface area contributed by atoms with Crippen molar-refractivity contribution in [3.05, 3.63) is 36.0 Å². The van der Waals surface area contributed by atoms with E-state index in [1.165, 1.54) is 0 Å². The Morgan fingerprint density at radius 1 is 1.43 bits per heavy atom. The van der Waals surface area contributed by atoms with Gasteiger partial charge in [0, 0.05) is 12.2 Å². The first-order valence-corrected chi connectivity index (χ1v) is 7.52. The number of nitrogens with zero attached hydrogens (tertiary/aromatic N) is 1. The predicted octanol–water partition coefficient (Wildman–Crippen LogP) is 1.32. The number of nitrogens with one attached hydrogen (secondary N) is 2. The maximum Gasteiger partial charge on any atom is 0.269 e. The van der Waals surface area contributed by atoms with Gasteiger partial charge in [0.1, 0.15) is 17.5 Å². The first-order valence-electron chi connectivity index (χ1n) is 7.52. The quantitative estimate of drug-likeness (QED) is 0.773. The zero-order valence-corrected chi connectivity index (χ0v) is 12.8. The van der Waals surface area contributed by atoms with E-state index >= 15 is 0 Å². The van der Waals surface area contributed by atoms with Crippen molar-refractivity contribution in [2.24, 2.45) is 0 Å². The number of carbonyl (C=O) groups excluding carboxylic acids is 1. The van der Waals surface area contributed by atoms with E-state index in [9.17, 15) is 9.90 Å². The zero-order chi connectivity index (χ0) is 16.2. The Balaban J connectivity index is 1.67. The molecule has 0 unspecified atom stereocenters. The molecule has 7 heteroatoms. The highest BCUT2D eigenvalue weighted by Gasteiger charge is 2.30. The van der Waals surface area contributed by atoms with Crippen molar-refractivity contribution in [2.45, 2.75) is 19.1 Å². The van der Waals surface area contributed by atoms with Crippen LogP contribution in [0, 0.1) is 0 Å². The fourth-order valence-corrected chi connectivity index (χ4v) is 2.51. The van der Waals surface area contributed by atoms with Gasteiger partial charge in [0.05, 0.1) is 24.9 Å². The van der Waals surface area contributed by atoms with Gasteiger partial charge in [0.15, 0.2) is 0 Å². The number of amides is 1. The number of benzene rings is 1. The van der Waals surface area contributed by atoms with Crippen LogP contribution in [0.15, 0.2) is 30.3 Å². The van der Waals surface area contributed by atoms with Gasteiger partial charge in [0.2, 0.25) is 0 Å². The van der Waals surface area contributed by atoms with Gasteiger partial charge in [-0.2, -0.15) is 5.10 Å². The summed E-state index contributed by atoms with van der Waals surface area (Å²) in [5.41, 5.74) is 1.82. The zero-order valence-electron chi connectivity index (χ0n) is 12.8. The molecule has 1 aromatic carbocycles. The van der Waals surface area contributed by atoms with Crippen LogP contribution in [0.25, 0.3) is 11.3 Å². The van der Waals surface area contributed by atoms with E-state index in [0.717, 1.165) is 5.56 Å². The van der Waals surface area contributed by atoms with Gasteiger partial charge in [-0.1, -0.05) is 0 Å². The second kappa shape index (κ2) is 6.80. The molecule has 2 heterocycles. The van der Waals surface area contributed by atoms with Gasteiger partial charge in [-0.05, 0) is 37.3 Å². The number of rotatable bonds is 5. The molecule has 3 rings (SSSR count). The molecule has 0 radical (unpaired) electrons. The predicted molar refractivity (Wildman–Crippen MR) is 83.2 cm³/mol. The molecule has 1 aliphatic heterocycles. The largest absolute Gasteiger partial charge is 0.508 e. The third kappa shape index (κ3) is 3.52. The molecule has 23 heavy (non-hydrogen) atoms. The van der Waals surface area contributed by atoms with Gasteiger partial charge in [-0.15, -0.1) is 0 Å². The minimum atomic E-state index is -0.247. The monoisotopic (exact) mass is 317 g/mol. The average Bonchev–Trinajstić information content (AvgIpc) is 3.18. The highest BCUT2D eigenvalue weighted by atomic mass is 16.5. The lowest BCUT2D eigenvalue weighted by molar-refractivity contribution is 0.0402. The number of aromatic amines is 1. The van der Waals surface area contributed by atoms with Gasteiger partial charge in [-0.25, -0.2) is 0 Å². The summed E-state index contributed by atoms with van der Waals surface area (Å²) in [6.45, 7) is 3.42. The van der Waals surface area contributed by atoms with Crippen LogP contribution in [0.5, 0.6) is 5.75 Å². The molecule has 0 aliphatic carbocycles. The molecule has 1 saturated heterocycles. The Morgan fingerprint density at radius 2 is 2.22 bits per heavy atom. The van der Waals surface area contributed by atoms with E-state index in [4.69, 9.17) is 9.47 Å². The summed E-state index contributed by atoms with van der Waals surface area (Å²) in [6, 6.07) is 8.14. The van der Waals surface area contributed by atoms with Crippen LogP contribution in [0.1, 0.15) is 17.4 Å². The summed E-state index contributed by atoms with van der Waals surface area (Å²) >= 11 is 0. The van der Waals surface area contributed by atoms with Crippen molar-refractivity contribution in [3.63, 3.8) is 0 Å². The number of phenols is 1. The van der Waals surface area contributed by atoms with Crippen LogP contribution < -0.4 is 5.32 Å². The molecular weight excluding hydrogens is 298 g/mol. The summed E-state index contributed by atoms with van der Waals surface area (Å²) in [7, 11) is 0. The Labute approximate surface area is 133 Å². The minimum absolute atomic E-state index is 0.122. The fourth-order valence-electron chi connectivity index (χ4n) is 2.51. The van der Waals surface area contributed by atoms with Crippen molar-refractivity contribution in [1.82, 2.24) is 15.5 Å². The van der Waals surface area contributed by atoms with E-state index < -0.39 is 0 Å². The number of phenolic OH excluding ortho intramolecular Hbond substituents is 1. The molecular formula is C16H19N3O4. The summed E-state index contributed by atoms with van der Waals surface area (Å²) < 4.78 is 10.9. The first-order chi connectivity index (χ1) is 11.2. The summed E-state index contributed by atoms with van der Waals surface area (Å²) in [6.07, 6.45) is -0.122. The van der Waals surface area contributed by atoms with Crippen LogP contribution in [0.2, 0.25) is 0 Å². The summed E-state index contributed by atoms with van der Waals surface area (Å²) in [5, 5.41) is 19.1. The number of aromatic hydroxyl groups is 1. The number of carbonyl (C=O) groups is 1. The molecule has 0 spiro atoms. The second-order valence-electron chi connectivity index (χ2n) is 5.32. The molecule has 2 aromatic rings. The number of aromatic nitrogens is 2. The maximum absolute atomic E-state index is 12.3. The molecule has 122 valence electrons. The van der Waals surface area contributed by atoms with Crippen LogP contribution >= 0.6 is 0 Å². The van der Waals surface area contributed by atoms with E-state index in [1.807, 2.05) is 6.92 Å². The van der Waals surface area contributed by atoms with Crippen LogP contribution in [-0.2, 0) is 9.47 Å². The fraction of sp³-hybridized carbons (Fsp3) is 0.375. The lowest BCUT2D eigenvalue weighted by Gasteiger charge is -2.18. The topological polar surface area (TPSA) is 96.5 Å². The van der Waals surface area contributed by atoms with Gasteiger partial charge >= 0.3 is 0 Å². The molecule has 1 aromatic heterocycles. The number of hydrogen-bond acceptors (Lipinski definition) is 5. The van der Waals surface area contributed by atoms with Crippen LogP contribution in [0.4, 0.5) is 0 Å². The highest BCUT2D eigenvalue weighted by molar-refractivity contribution is 5.93. The molecule has 0 bridgehead atoms. The Hall–Kier alpha value is -2.38. The Bertz CT molecular complexity index is 668. The number of hydrogen-bond donors (Lipinski definition) is 3. The molecule has 3 N–H and O–H groups in total. The van der Waals surface area contributed by atoms with Crippen molar-refractivity contribution in [3.8, 4) is 17.0 Å². The molecule has 1 amide bonds. The standard InChI is InChI=1S/C16H19N3O4/c1-2-23-15-9-22-8-14(15)17-16(21)13-7-12(18-19-13)10-3-5-11(20)6-4-10/h3-7,14-15,20H,2,8-9H2,1H3,(H,17,21)(H,18,19)/t14-,15-/m0/s1. The lowest BCUT2D eigenvalue weighted by atomic mass is 10.1. The van der Waals surface area contributed by atoms with Crippen LogP contribution in [-0.4, -0.2) is 53.2 Å². The molecule has 0 saturated carbocycles. The van der Waals surface area contributed by atoms with E-state index in [2.05, 4.69) is 15.5 Å². The minimum Gasteiger partial charge on any atom is -0.508 e. The normalized spacial score (nSPS) is 20.6. The SMILES string of the molecule is CCO[C@H]1COC[C@@H]1NC(=O)c1cc(-c2ccc(O)cc2)n[nH]1. The van der Waals surface area contributed by atoms with Gasteiger partial charge in [0.25, 0.3) is 5.91 Å². The Kier molecular flexibility index (Phi) is 4.59. The third-order valence-electron chi connectivity index (χ3n) is 3.71. The van der Waals surface area contributed by atoms with Crippen molar-refractivity contribution >= 4 is 5.91 Å². The molecule has 1 fully saturated rings. The lowest BCUT2D eigenvalue weighted by Crippen LogP contribution is -2.43. The van der Waals surface area contributed by atoms with Crippen molar-refractivity contribution in [2.75, 3.05) is 19.8 Å². The van der Waals surface area contributed by atoms with Crippen molar-refractivity contribution < 1.29 is 19.4 Å². The smallest absolute Gasteiger partial charge is 0.269 e. The maximum atomic E-state index is 12.3. The van der Waals surface area contributed by atoms with E-state index in [-0.39, 0.29) is 23.8 Å². The van der Waals surface area contributed by atoms with E-state index in [1.54, 1.807) is 30.3 Å². The van der Waals surface area contributed by atoms with Crippen molar-refractivity contribution in [1.29, 1.82) is 0 Å². The number of H-pyrrole nitrogens is 1. The molecule has 2 atom stereocenters. The summed E-state index contributed by atoms with van der Waals surface area (Å²) in [5.74, 6) is -0.0619. The number of ether oxygens (including phenoxy) is 2. The third-order valence-corrected chi connectivity index (χ3v) is 3.71. The van der Waals surface area contributed by atoms with E-state index in [0.29, 0.717) is 31.2 Å². The Morgan fingerprint density at radius 3 is 2.96 bits per heavy atom. The molecule has 7 nitrogen and oxygen atoms in total. The van der Waals surface area contributed by atoms with Crippen LogP contribution in [0.3, 0.4) is 0 Å². The molecule has 1 aliphatic rings. The first kappa shape index (κ1) is 15.5. The average molecular weight is 317 g/mol. The highest BCUT2D eigenvalue weighted by Crippen LogP contribution is 2.20. The van der Waals surface area contributed by atoms with Gasteiger partial charge in [-0.3, -0.25) is 9.89 Å². The van der Waals surface area contributed by atoms with Gasteiger partial charge < -0.3 is 19.9 Å². The second-order valence-corrected chi connectivity index (χ2v) is 5.32.